The molecule has 1 aliphatic heterocycles. The Bertz CT molecular complexity index is 350. The molecule has 0 aliphatic carbocycles. The monoisotopic (exact) mass is 275 g/mol. The zero-order valence-corrected chi connectivity index (χ0v) is 10.7. The number of rotatable bonds is 5. The van der Waals surface area contributed by atoms with Crippen LogP contribution in [0.25, 0.3) is 0 Å². The minimum absolute atomic E-state index is 0.0531. The fourth-order valence-electron chi connectivity index (χ4n) is 1.86. The molecule has 2 atom stereocenters. The minimum Gasteiger partial charge on any atom is -0.481 e. The van der Waals surface area contributed by atoms with Crippen molar-refractivity contribution in [2.75, 3.05) is 13.1 Å². The summed E-state index contributed by atoms with van der Waals surface area (Å²) in [5, 5.41) is 20.7. The molecule has 1 rings (SSSR count). The Hall–Kier alpha value is -1.41. The highest BCUT2D eigenvalue weighted by Crippen LogP contribution is 2.16. The van der Waals surface area contributed by atoms with Gasteiger partial charge in [-0.3, -0.25) is 4.79 Å². The number of carboxylic acids is 2. The summed E-state index contributed by atoms with van der Waals surface area (Å²) in [6.07, 6.45) is 0.858. The van der Waals surface area contributed by atoms with Gasteiger partial charge in [0.05, 0.1) is 0 Å². The number of hydrogen-bond acceptors (Lipinski definition) is 4. The Balaban J connectivity index is 2.40. The van der Waals surface area contributed by atoms with Gasteiger partial charge < -0.3 is 26.2 Å². The first-order chi connectivity index (χ1) is 8.41. The first kappa shape index (κ1) is 14.7. The van der Waals surface area contributed by atoms with E-state index < -0.39 is 18.0 Å². The smallest absolute Gasteiger partial charge is 0.326 e. The van der Waals surface area contributed by atoms with Crippen LogP contribution in [0.3, 0.4) is 0 Å². The van der Waals surface area contributed by atoms with Crippen molar-refractivity contribution < 1.29 is 19.8 Å². The van der Waals surface area contributed by atoms with E-state index in [1.807, 2.05) is 0 Å². The van der Waals surface area contributed by atoms with Gasteiger partial charge in [-0.05, 0) is 25.1 Å². The van der Waals surface area contributed by atoms with Crippen LogP contribution in [0.5, 0.6) is 0 Å². The second kappa shape index (κ2) is 6.50. The molecule has 1 saturated heterocycles. The molecule has 102 valence electrons. The van der Waals surface area contributed by atoms with Crippen LogP contribution in [0.1, 0.15) is 19.3 Å². The zero-order valence-electron chi connectivity index (χ0n) is 9.83. The molecular weight excluding hydrogens is 258 g/mol. The van der Waals surface area contributed by atoms with Crippen molar-refractivity contribution in [1.29, 1.82) is 0 Å². The number of thiocarbonyl (C=S) groups is 1. The van der Waals surface area contributed by atoms with Crippen LogP contribution >= 0.6 is 12.2 Å². The van der Waals surface area contributed by atoms with E-state index in [4.69, 9.17) is 28.2 Å². The molecule has 1 heterocycles. The second-order valence-electron chi connectivity index (χ2n) is 4.23. The van der Waals surface area contributed by atoms with Crippen LogP contribution in [-0.4, -0.2) is 57.3 Å². The van der Waals surface area contributed by atoms with Gasteiger partial charge in [0.25, 0.3) is 0 Å². The molecule has 1 fully saturated rings. The Morgan fingerprint density at radius 2 is 2.11 bits per heavy atom. The van der Waals surface area contributed by atoms with Crippen molar-refractivity contribution in [1.82, 2.24) is 10.2 Å². The lowest BCUT2D eigenvalue weighted by molar-refractivity contribution is -0.141. The number of hydrogen-bond donors (Lipinski definition) is 4. The number of likely N-dealkylation sites (tertiary alicyclic amines) is 1. The van der Waals surface area contributed by atoms with Crippen LogP contribution in [0.2, 0.25) is 0 Å². The third-order valence-electron chi connectivity index (χ3n) is 2.72. The number of nitrogens with two attached hydrogens (primary N) is 1. The molecule has 0 bridgehead atoms. The normalized spacial score (nSPS) is 22.8. The van der Waals surface area contributed by atoms with Gasteiger partial charge in [0.15, 0.2) is 5.11 Å². The predicted molar refractivity (Wildman–Crippen MR) is 68.2 cm³/mol. The largest absolute Gasteiger partial charge is 0.481 e. The molecule has 0 aromatic rings. The molecule has 0 aromatic heterocycles. The SMILES string of the molecule is NC1CC(C(=O)O)N(C(=S)NCCCC(=O)O)C1. The van der Waals surface area contributed by atoms with E-state index >= 15 is 0 Å². The number of nitrogens with one attached hydrogen (secondary N) is 1. The summed E-state index contributed by atoms with van der Waals surface area (Å²) in [6.45, 7) is 0.810. The molecule has 2 unspecified atom stereocenters. The maximum atomic E-state index is 11.0. The van der Waals surface area contributed by atoms with Crippen LogP contribution in [0.15, 0.2) is 0 Å². The number of carbonyl (C=O) groups is 2. The van der Waals surface area contributed by atoms with Crippen molar-refractivity contribution in [2.45, 2.75) is 31.3 Å². The van der Waals surface area contributed by atoms with E-state index in [-0.39, 0.29) is 12.5 Å². The minimum atomic E-state index is -0.947. The maximum absolute atomic E-state index is 11.0. The number of nitrogens with zero attached hydrogens (tertiary/aromatic N) is 1. The van der Waals surface area contributed by atoms with Crippen molar-refractivity contribution in [3.63, 3.8) is 0 Å². The molecule has 0 radical (unpaired) electrons. The quantitative estimate of drug-likeness (QED) is 0.381. The summed E-state index contributed by atoms with van der Waals surface area (Å²) >= 11 is 5.09. The molecule has 0 spiro atoms. The number of carboxylic acid groups (broad SMARTS) is 2. The molecule has 0 amide bonds. The van der Waals surface area contributed by atoms with Crippen molar-refractivity contribution in [3.8, 4) is 0 Å². The number of aliphatic carboxylic acids is 2. The highest BCUT2D eigenvalue weighted by molar-refractivity contribution is 7.80. The van der Waals surface area contributed by atoms with E-state index in [1.54, 1.807) is 4.90 Å². The van der Waals surface area contributed by atoms with Gasteiger partial charge in [0.1, 0.15) is 6.04 Å². The van der Waals surface area contributed by atoms with E-state index in [0.717, 1.165) is 0 Å². The average Bonchev–Trinajstić information content (AvgIpc) is 2.66. The van der Waals surface area contributed by atoms with Gasteiger partial charge in [-0.15, -0.1) is 0 Å². The Labute approximate surface area is 110 Å². The molecule has 0 aromatic carbocycles. The third kappa shape index (κ3) is 4.11. The van der Waals surface area contributed by atoms with Crippen molar-refractivity contribution in [3.05, 3.63) is 0 Å². The summed E-state index contributed by atoms with van der Waals surface area (Å²) in [4.78, 5) is 22.9. The fourth-order valence-corrected chi connectivity index (χ4v) is 2.17. The molecular formula is C10H17N3O4S. The van der Waals surface area contributed by atoms with Gasteiger partial charge in [-0.2, -0.15) is 0 Å². The zero-order chi connectivity index (χ0) is 13.7. The maximum Gasteiger partial charge on any atom is 0.326 e. The molecule has 18 heavy (non-hydrogen) atoms. The van der Waals surface area contributed by atoms with Gasteiger partial charge in [0, 0.05) is 25.6 Å². The van der Waals surface area contributed by atoms with Gasteiger partial charge in [-0.25, -0.2) is 4.79 Å². The van der Waals surface area contributed by atoms with Gasteiger partial charge in [0.2, 0.25) is 0 Å². The first-order valence-electron chi connectivity index (χ1n) is 5.66. The van der Waals surface area contributed by atoms with E-state index in [1.165, 1.54) is 0 Å². The van der Waals surface area contributed by atoms with Crippen LogP contribution < -0.4 is 11.1 Å². The molecule has 0 saturated carbocycles. The summed E-state index contributed by atoms with van der Waals surface area (Å²) in [5.74, 6) is -1.81. The Morgan fingerprint density at radius 1 is 1.44 bits per heavy atom. The Kier molecular flexibility index (Phi) is 5.29. The summed E-state index contributed by atoms with van der Waals surface area (Å²) in [5.41, 5.74) is 5.72. The molecule has 1 aliphatic rings. The Morgan fingerprint density at radius 3 is 2.67 bits per heavy atom. The van der Waals surface area contributed by atoms with Crippen LogP contribution in [-0.2, 0) is 9.59 Å². The molecule has 8 heteroatoms. The lowest BCUT2D eigenvalue weighted by Gasteiger charge is -2.24. The lowest BCUT2D eigenvalue weighted by Crippen LogP contribution is -2.46. The first-order valence-corrected chi connectivity index (χ1v) is 6.07. The average molecular weight is 275 g/mol. The topological polar surface area (TPSA) is 116 Å². The third-order valence-corrected chi connectivity index (χ3v) is 3.10. The van der Waals surface area contributed by atoms with Crippen molar-refractivity contribution >= 4 is 29.3 Å². The van der Waals surface area contributed by atoms with Gasteiger partial charge >= 0.3 is 11.9 Å². The second-order valence-corrected chi connectivity index (χ2v) is 4.62. The standard InChI is InChI=1S/C10H17N3O4S/c11-6-4-7(9(16)17)13(5-6)10(18)12-3-1-2-8(14)15/h6-7H,1-5,11H2,(H,12,18)(H,14,15)(H,16,17). The highest BCUT2D eigenvalue weighted by Gasteiger charge is 2.36. The summed E-state index contributed by atoms with van der Waals surface area (Å²) in [7, 11) is 0. The summed E-state index contributed by atoms with van der Waals surface area (Å²) in [6, 6.07) is -0.899. The highest BCUT2D eigenvalue weighted by atomic mass is 32.1. The lowest BCUT2D eigenvalue weighted by atomic mass is 10.2. The molecule has 7 nitrogen and oxygen atoms in total. The van der Waals surface area contributed by atoms with E-state index in [0.29, 0.717) is 31.0 Å². The summed E-state index contributed by atoms with van der Waals surface area (Å²) < 4.78 is 0. The van der Waals surface area contributed by atoms with Crippen molar-refractivity contribution in [2.24, 2.45) is 5.73 Å². The fraction of sp³-hybridized carbons (Fsp3) is 0.700. The molecule has 5 N–H and O–H groups in total. The van der Waals surface area contributed by atoms with E-state index in [9.17, 15) is 9.59 Å². The van der Waals surface area contributed by atoms with Crippen LogP contribution in [0, 0.1) is 0 Å². The van der Waals surface area contributed by atoms with E-state index in [2.05, 4.69) is 5.32 Å². The predicted octanol–water partition coefficient (Wildman–Crippen LogP) is -0.788. The van der Waals surface area contributed by atoms with Crippen LogP contribution in [0.4, 0.5) is 0 Å². The van der Waals surface area contributed by atoms with Gasteiger partial charge in [-0.1, -0.05) is 0 Å².